The molecule has 0 atom stereocenters. The van der Waals surface area contributed by atoms with E-state index in [2.05, 4.69) is 6.58 Å². The van der Waals surface area contributed by atoms with Gasteiger partial charge in [-0.05, 0) is 25.0 Å². The summed E-state index contributed by atoms with van der Waals surface area (Å²) >= 11 is 0. The first-order valence-corrected chi connectivity index (χ1v) is 4.62. The molecule has 0 heterocycles. The number of alkyl halides is 3. The van der Waals surface area contributed by atoms with Crippen LogP contribution in [0.3, 0.4) is 0 Å². The molecule has 0 aliphatic heterocycles. The van der Waals surface area contributed by atoms with E-state index in [1.165, 1.54) is 0 Å². The normalized spacial score (nSPS) is 11.5. The number of hydrogen-bond acceptors (Lipinski definition) is 0. The van der Waals surface area contributed by atoms with Gasteiger partial charge in [0.2, 0.25) is 0 Å². The van der Waals surface area contributed by atoms with Crippen LogP contribution in [0.5, 0.6) is 0 Å². The Balaban J connectivity index is 2.90. The van der Waals surface area contributed by atoms with E-state index in [1.54, 1.807) is 13.0 Å². The minimum absolute atomic E-state index is 0.128. The predicted octanol–water partition coefficient (Wildman–Crippen LogP) is 3.96. The molecule has 0 aliphatic carbocycles. The van der Waals surface area contributed by atoms with Crippen molar-refractivity contribution >= 4 is 0 Å². The van der Waals surface area contributed by atoms with Gasteiger partial charge in [0.25, 0.3) is 0 Å². The Labute approximate surface area is 87.4 Å². The number of aryl methyl sites for hydroxylation is 2. The average molecular weight is 214 g/mol. The molecule has 0 amide bonds. The lowest BCUT2D eigenvalue weighted by Gasteiger charge is -2.12. The summed E-state index contributed by atoms with van der Waals surface area (Å²) in [4.78, 5) is 0. The van der Waals surface area contributed by atoms with Gasteiger partial charge in [-0.3, -0.25) is 0 Å². The van der Waals surface area contributed by atoms with Gasteiger partial charge in [-0.15, -0.1) is 0 Å². The van der Waals surface area contributed by atoms with E-state index in [0.29, 0.717) is 5.56 Å². The Kier molecular flexibility index (Phi) is 3.22. The van der Waals surface area contributed by atoms with Crippen LogP contribution in [0.1, 0.15) is 16.7 Å². The molecule has 0 unspecified atom stereocenters. The van der Waals surface area contributed by atoms with Crippen molar-refractivity contribution in [2.75, 3.05) is 0 Å². The van der Waals surface area contributed by atoms with Gasteiger partial charge >= 0.3 is 6.18 Å². The second kappa shape index (κ2) is 4.09. The highest BCUT2D eigenvalue weighted by atomic mass is 19.4. The molecular weight excluding hydrogens is 201 g/mol. The van der Waals surface area contributed by atoms with Gasteiger partial charge in [0.05, 0.1) is 0 Å². The highest BCUT2D eigenvalue weighted by molar-refractivity contribution is 5.33. The van der Waals surface area contributed by atoms with Crippen molar-refractivity contribution in [1.82, 2.24) is 0 Å². The summed E-state index contributed by atoms with van der Waals surface area (Å²) in [7, 11) is 0. The Morgan fingerprint density at radius 1 is 1.27 bits per heavy atom. The van der Waals surface area contributed by atoms with Gasteiger partial charge in [0.1, 0.15) is 0 Å². The average Bonchev–Trinajstić information content (AvgIpc) is 2.09. The first kappa shape index (κ1) is 11.8. The molecule has 82 valence electrons. The zero-order chi connectivity index (χ0) is 11.6. The van der Waals surface area contributed by atoms with E-state index in [1.807, 2.05) is 19.1 Å². The van der Waals surface area contributed by atoms with Crippen LogP contribution < -0.4 is 0 Å². The van der Waals surface area contributed by atoms with Crippen molar-refractivity contribution < 1.29 is 13.2 Å². The molecule has 1 rings (SSSR count). The first-order chi connectivity index (χ1) is 6.80. The molecule has 1 aromatic rings. The molecule has 1 aromatic carbocycles. The Morgan fingerprint density at radius 2 is 1.87 bits per heavy atom. The Hall–Kier alpha value is -1.25. The van der Waals surface area contributed by atoms with Crippen LogP contribution in [0.4, 0.5) is 13.2 Å². The van der Waals surface area contributed by atoms with Gasteiger partial charge in [-0.1, -0.05) is 30.3 Å². The second-order valence-corrected chi connectivity index (χ2v) is 3.71. The highest BCUT2D eigenvalue weighted by Crippen LogP contribution is 2.28. The molecule has 0 saturated carbocycles. The third kappa shape index (κ3) is 3.11. The molecule has 15 heavy (non-hydrogen) atoms. The van der Waals surface area contributed by atoms with Crippen LogP contribution in [-0.2, 0) is 6.42 Å². The zero-order valence-electron chi connectivity index (χ0n) is 8.78. The summed E-state index contributed by atoms with van der Waals surface area (Å²) in [5.41, 5.74) is 1.82. The topological polar surface area (TPSA) is 0 Å². The minimum atomic E-state index is -4.30. The summed E-state index contributed by atoms with van der Waals surface area (Å²) in [6.07, 6.45) is -4.42. The Bertz CT molecular complexity index is 375. The molecule has 0 nitrogen and oxygen atoms in total. The van der Waals surface area contributed by atoms with Crippen molar-refractivity contribution in [1.29, 1.82) is 0 Å². The lowest BCUT2D eigenvalue weighted by atomic mass is 9.99. The third-order valence-corrected chi connectivity index (χ3v) is 2.31. The summed E-state index contributed by atoms with van der Waals surface area (Å²) in [6, 6.07) is 5.48. The molecule has 0 aromatic heterocycles. The first-order valence-electron chi connectivity index (χ1n) is 4.62. The van der Waals surface area contributed by atoms with Gasteiger partial charge in [-0.2, -0.15) is 13.2 Å². The fraction of sp³-hybridized carbons (Fsp3) is 0.333. The van der Waals surface area contributed by atoms with E-state index in [9.17, 15) is 13.2 Å². The monoisotopic (exact) mass is 214 g/mol. The third-order valence-electron chi connectivity index (χ3n) is 2.31. The van der Waals surface area contributed by atoms with Crippen LogP contribution >= 0.6 is 0 Å². The fourth-order valence-electron chi connectivity index (χ4n) is 1.32. The van der Waals surface area contributed by atoms with Crippen molar-refractivity contribution in [3.05, 3.63) is 47.0 Å². The van der Waals surface area contributed by atoms with Crippen LogP contribution in [0.2, 0.25) is 0 Å². The van der Waals surface area contributed by atoms with Crippen LogP contribution in [0.15, 0.2) is 30.4 Å². The second-order valence-electron chi connectivity index (χ2n) is 3.71. The summed E-state index contributed by atoms with van der Waals surface area (Å²) < 4.78 is 36.8. The van der Waals surface area contributed by atoms with E-state index in [4.69, 9.17) is 0 Å². The van der Waals surface area contributed by atoms with Gasteiger partial charge < -0.3 is 0 Å². The van der Waals surface area contributed by atoms with Gasteiger partial charge in [-0.25, -0.2) is 0 Å². The number of rotatable bonds is 2. The number of allylic oxidation sites excluding steroid dienone is 1. The minimum Gasteiger partial charge on any atom is -0.166 e. The largest absolute Gasteiger partial charge is 0.412 e. The smallest absolute Gasteiger partial charge is 0.166 e. The molecule has 3 heteroatoms. The molecular formula is C12H13F3. The maximum absolute atomic E-state index is 12.3. The number of hydrogen-bond donors (Lipinski definition) is 0. The maximum atomic E-state index is 12.3. The van der Waals surface area contributed by atoms with Crippen LogP contribution in [0.25, 0.3) is 0 Å². The van der Waals surface area contributed by atoms with Crippen LogP contribution in [0, 0.1) is 13.8 Å². The zero-order valence-corrected chi connectivity index (χ0v) is 8.78. The molecule has 0 spiro atoms. The van der Waals surface area contributed by atoms with Crippen molar-refractivity contribution in [2.24, 2.45) is 0 Å². The standard InChI is InChI=1S/C12H13F3/c1-8-4-5-9(2)11(6-8)7-10(3)12(13,14)15/h4-6H,3,7H2,1-2H3. The quantitative estimate of drug-likeness (QED) is 0.653. The molecule has 0 bridgehead atoms. The summed E-state index contributed by atoms with van der Waals surface area (Å²) in [5.74, 6) is 0. The van der Waals surface area contributed by atoms with Crippen molar-refractivity contribution in [2.45, 2.75) is 26.4 Å². The SMILES string of the molecule is C=C(Cc1cc(C)ccc1C)C(F)(F)F. The lowest BCUT2D eigenvalue weighted by Crippen LogP contribution is -2.13. The van der Waals surface area contributed by atoms with E-state index >= 15 is 0 Å². The summed E-state index contributed by atoms with van der Waals surface area (Å²) in [6.45, 7) is 6.73. The van der Waals surface area contributed by atoms with E-state index in [0.717, 1.165) is 11.1 Å². The highest BCUT2D eigenvalue weighted by Gasteiger charge is 2.31. The Morgan fingerprint density at radius 3 is 2.40 bits per heavy atom. The molecule has 0 N–H and O–H groups in total. The maximum Gasteiger partial charge on any atom is 0.412 e. The summed E-state index contributed by atoms with van der Waals surface area (Å²) in [5, 5.41) is 0. The molecule has 0 radical (unpaired) electrons. The van der Waals surface area contributed by atoms with Gasteiger partial charge in [0, 0.05) is 12.0 Å². The fourth-order valence-corrected chi connectivity index (χ4v) is 1.32. The van der Waals surface area contributed by atoms with Crippen molar-refractivity contribution in [3.63, 3.8) is 0 Å². The van der Waals surface area contributed by atoms with E-state index < -0.39 is 11.7 Å². The predicted molar refractivity (Wildman–Crippen MR) is 54.8 cm³/mol. The lowest BCUT2D eigenvalue weighted by molar-refractivity contribution is -0.0927. The molecule has 0 aliphatic rings. The number of halogens is 3. The van der Waals surface area contributed by atoms with Gasteiger partial charge in [0.15, 0.2) is 0 Å². The number of benzene rings is 1. The van der Waals surface area contributed by atoms with Crippen LogP contribution in [-0.4, -0.2) is 6.18 Å². The van der Waals surface area contributed by atoms with Crippen molar-refractivity contribution in [3.8, 4) is 0 Å². The van der Waals surface area contributed by atoms with E-state index in [-0.39, 0.29) is 6.42 Å². The molecule has 0 fully saturated rings. The molecule has 0 saturated heterocycles.